The normalized spacial score (nSPS) is 19.0. The lowest BCUT2D eigenvalue weighted by Crippen LogP contribution is -2.26. The molecule has 0 saturated heterocycles. The molecule has 0 spiro atoms. The Labute approximate surface area is 146 Å². The third-order valence-corrected chi connectivity index (χ3v) is 4.80. The zero-order valence-corrected chi connectivity index (χ0v) is 14.4. The predicted octanol–water partition coefficient (Wildman–Crippen LogP) is 2.45. The number of hydrogen-bond acceptors (Lipinski definition) is 3. The van der Waals surface area contributed by atoms with Crippen LogP contribution >= 0.6 is 0 Å². The van der Waals surface area contributed by atoms with E-state index in [1.807, 2.05) is 61.4 Å². The molecule has 6 heteroatoms. The largest absolute Gasteiger partial charge is 0.352 e. The van der Waals surface area contributed by atoms with Gasteiger partial charge in [-0.2, -0.15) is 10.2 Å². The maximum Gasteiger partial charge on any atom is 0.251 e. The summed E-state index contributed by atoms with van der Waals surface area (Å²) >= 11 is 0. The number of aryl methyl sites for hydroxylation is 2. The monoisotopic (exact) mass is 335 g/mol. The lowest BCUT2D eigenvalue weighted by atomic mass is 10.2. The summed E-state index contributed by atoms with van der Waals surface area (Å²) in [5.74, 6) is 0.989. The number of carbonyl (C=O) groups excluding carboxylic acids is 1. The van der Waals surface area contributed by atoms with E-state index in [1.54, 1.807) is 4.68 Å². The number of nitrogens with zero attached hydrogens (tertiary/aromatic N) is 4. The van der Waals surface area contributed by atoms with Gasteiger partial charge in [0.15, 0.2) is 0 Å². The van der Waals surface area contributed by atoms with Crippen LogP contribution in [0.2, 0.25) is 0 Å². The molecule has 0 aliphatic heterocycles. The molecule has 3 aromatic rings. The molecule has 2 atom stereocenters. The van der Waals surface area contributed by atoms with Crippen LogP contribution in [0.3, 0.4) is 0 Å². The first kappa shape index (κ1) is 15.6. The van der Waals surface area contributed by atoms with Crippen molar-refractivity contribution >= 4 is 5.91 Å². The summed E-state index contributed by atoms with van der Waals surface area (Å²) in [6.07, 6.45) is 4.85. The second-order valence-corrected chi connectivity index (χ2v) is 6.64. The van der Waals surface area contributed by atoms with E-state index in [9.17, 15) is 4.79 Å². The molecule has 1 aliphatic rings. The van der Waals surface area contributed by atoms with Gasteiger partial charge in [-0.1, -0.05) is 0 Å². The molecule has 1 saturated carbocycles. The Hall–Kier alpha value is -2.89. The molecule has 1 amide bonds. The van der Waals surface area contributed by atoms with Crippen LogP contribution in [0.1, 0.15) is 34.1 Å². The van der Waals surface area contributed by atoms with Crippen molar-refractivity contribution in [1.82, 2.24) is 24.9 Å². The number of hydrogen-bond donors (Lipinski definition) is 1. The van der Waals surface area contributed by atoms with Gasteiger partial charge in [-0.25, -0.2) is 4.68 Å². The van der Waals surface area contributed by atoms with E-state index in [4.69, 9.17) is 0 Å². The quantitative estimate of drug-likeness (QED) is 0.779. The van der Waals surface area contributed by atoms with Crippen LogP contribution in [-0.4, -0.2) is 32.0 Å². The molecule has 1 aromatic carbocycles. The molecule has 0 radical (unpaired) electrons. The van der Waals surface area contributed by atoms with Gasteiger partial charge in [0.05, 0.1) is 11.4 Å². The predicted molar refractivity (Wildman–Crippen MR) is 94.7 cm³/mol. The zero-order valence-electron chi connectivity index (χ0n) is 14.4. The van der Waals surface area contributed by atoms with E-state index in [1.165, 1.54) is 5.69 Å². The molecule has 2 aromatic heterocycles. The van der Waals surface area contributed by atoms with Crippen LogP contribution < -0.4 is 5.32 Å². The van der Waals surface area contributed by atoms with E-state index in [0.717, 1.165) is 17.8 Å². The molecule has 0 unspecified atom stereocenters. The average Bonchev–Trinajstić information content (AvgIpc) is 3.03. The van der Waals surface area contributed by atoms with Gasteiger partial charge >= 0.3 is 0 Å². The number of aromatic nitrogens is 4. The fraction of sp³-hybridized carbons (Fsp3) is 0.316. The number of benzene rings is 1. The van der Waals surface area contributed by atoms with Gasteiger partial charge in [0.1, 0.15) is 0 Å². The minimum Gasteiger partial charge on any atom is -0.352 e. The van der Waals surface area contributed by atoms with Crippen LogP contribution in [0.4, 0.5) is 0 Å². The van der Waals surface area contributed by atoms with Crippen LogP contribution in [0, 0.1) is 12.8 Å². The Morgan fingerprint density at radius 2 is 2.04 bits per heavy atom. The number of carbonyl (C=O) groups is 1. The first-order valence-electron chi connectivity index (χ1n) is 8.50. The van der Waals surface area contributed by atoms with E-state index in [-0.39, 0.29) is 5.91 Å². The van der Waals surface area contributed by atoms with Crippen molar-refractivity contribution in [2.75, 3.05) is 6.54 Å². The van der Waals surface area contributed by atoms with Gasteiger partial charge in [0, 0.05) is 43.2 Å². The number of amides is 1. The Bertz CT molecular complexity index is 893. The molecule has 128 valence electrons. The second kappa shape index (κ2) is 6.20. The number of nitrogens with one attached hydrogen (secondary N) is 1. The van der Waals surface area contributed by atoms with Gasteiger partial charge < -0.3 is 5.32 Å². The van der Waals surface area contributed by atoms with E-state index in [0.29, 0.717) is 23.9 Å². The second-order valence-electron chi connectivity index (χ2n) is 6.64. The first-order valence-corrected chi connectivity index (χ1v) is 8.50. The molecular weight excluding hydrogens is 314 g/mol. The summed E-state index contributed by atoms with van der Waals surface area (Å²) in [4.78, 5) is 12.3. The highest BCUT2D eigenvalue weighted by atomic mass is 16.1. The van der Waals surface area contributed by atoms with Crippen molar-refractivity contribution < 1.29 is 4.79 Å². The highest BCUT2D eigenvalue weighted by Gasteiger charge is 2.40. The van der Waals surface area contributed by atoms with E-state index in [2.05, 4.69) is 21.6 Å². The fourth-order valence-corrected chi connectivity index (χ4v) is 3.23. The topological polar surface area (TPSA) is 64.7 Å². The summed E-state index contributed by atoms with van der Waals surface area (Å²) in [6, 6.07) is 11.5. The Balaban J connectivity index is 1.34. The van der Waals surface area contributed by atoms with Gasteiger partial charge in [-0.15, -0.1) is 0 Å². The molecule has 4 rings (SSSR count). The molecular formula is C19H21N5O. The van der Waals surface area contributed by atoms with Crippen molar-refractivity contribution in [2.24, 2.45) is 13.0 Å². The average molecular weight is 335 g/mol. The SMILES string of the molecule is Cc1ccn(-c2ccc(C(=O)NC[C@@H]3C[C@H]3c3ccnn3C)cc2)n1. The smallest absolute Gasteiger partial charge is 0.251 e. The fourth-order valence-electron chi connectivity index (χ4n) is 3.23. The van der Waals surface area contributed by atoms with E-state index < -0.39 is 0 Å². The van der Waals surface area contributed by atoms with Crippen molar-refractivity contribution in [3.05, 3.63) is 65.7 Å². The molecule has 0 bridgehead atoms. The third kappa shape index (κ3) is 3.20. The maximum atomic E-state index is 12.3. The van der Waals surface area contributed by atoms with Crippen molar-refractivity contribution in [3.63, 3.8) is 0 Å². The third-order valence-electron chi connectivity index (χ3n) is 4.80. The molecule has 1 fully saturated rings. The van der Waals surface area contributed by atoms with Gasteiger partial charge in [0.25, 0.3) is 5.91 Å². The molecule has 1 aliphatic carbocycles. The zero-order chi connectivity index (χ0) is 17.4. The Morgan fingerprint density at radius 3 is 2.68 bits per heavy atom. The van der Waals surface area contributed by atoms with E-state index >= 15 is 0 Å². The van der Waals surface area contributed by atoms with Crippen molar-refractivity contribution in [3.8, 4) is 5.69 Å². The highest BCUT2D eigenvalue weighted by molar-refractivity contribution is 5.94. The van der Waals surface area contributed by atoms with Crippen molar-refractivity contribution in [2.45, 2.75) is 19.3 Å². The molecule has 1 N–H and O–H groups in total. The minimum atomic E-state index is -0.0288. The van der Waals surface area contributed by atoms with Gasteiger partial charge in [-0.05, 0) is 55.7 Å². The first-order chi connectivity index (χ1) is 12.1. The van der Waals surface area contributed by atoms with Gasteiger partial charge in [-0.3, -0.25) is 9.48 Å². The van der Waals surface area contributed by atoms with Gasteiger partial charge in [0.2, 0.25) is 0 Å². The van der Waals surface area contributed by atoms with Crippen LogP contribution in [0.5, 0.6) is 0 Å². The number of rotatable bonds is 5. The Kier molecular flexibility index (Phi) is 3.87. The minimum absolute atomic E-state index is 0.0288. The van der Waals surface area contributed by atoms with Crippen molar-refractivity contribution in [1.29, 1.82) is 0 Å². The maximum absolute atomic E-state index is 12.3. The lowest BCUT2D eigenvalue weighted by Gasteiger charge is -2.07. The standard InChI is InChI=1S/C19H21N5O/c1-13-8-10-24(22-13)16-5-3-14(4-6-16)19(25)20-12-15-11-17(15)18-7-9-21-23(18)2/h3-10,15,17H,11-12H2,1-2H3,(H,20,25)/t15-,17+/m0/s1. The summed E-state index contributed by atoms with van der Waals surface area (Å²) < 4.78 is 3.72. The lowest BCUT2D eigenvalue weighted by molar-refractivity contribution is 0.0951. The van der Waals surface area contributed by atoms with Crippen LogP contribution in [0.25, 0.3) is 5.69 Å². The van der Waals surface area contributed by atoms with Crippen LogP contribution in [-0.2, 0) is 7.05 Å². The summed E-state index contributed by atoms with van der Waals surface area (Å²) in [7, 11) is 1.96. The highest BCUT2D eigenvalue weighted by Crippen LogP contribution is 2.46. The molecule has 25 heavy (non-hydrogen) atoms. The summed E-state index contributed by atoms with van der Waals surface area (Å²) in [5.41, 5.74) is 3.83. The summed E-state index contributed by atoms with van der Waals surface area (Å²) in [6.45, 7) is 2.66. The summed E-state index contributed by atoms with van der Waals surface area (Å²) in [5, 5.41) is 11.6. The molecule has 6 nitrogen and oxygen atoms in total. The molecule has 2 heterocycles. The Morgan fingerprint density at radius 1 is 1.24 bits per heavy atom. The van der Waals surface area contributed by atoms with Crippen LogP contribution in [0.15, 0.2) is 48.8 Å².